The molecule has 18 heavy (non-hydrogen) atoms. The van der Waals surface area contributed by atoms with E-state index < -0.39 is 11.6 Å². The fraction of sp³-hybridized carbons (Fsp3) is 0.400. The number of hydrogen-bond donors (Lipinski definition) is 0. The summed E-state index contributed by atoms with van der Waals surface area (Å²) < 4.78 is 27.2. The smallest absolute Gasteiger partial charge is 0.191 e. The van der Waals surface area contributed by atoms with E-state index in [-0.39, 0.29) is 16.9 Å². The molecule has 0 atom stereocenters. The van der Waals surface area contributed by atoms with Crippen molar-refractivity contribution in [3.05, 3.63) is 46.5 Å². The molecule has 0 aliphatic heterocycles. The van der Waals surface area contributed by atoms with E-state index in [1.165, 1.54) is 19.1 Å². The average Bonchev–Trinajstić information content (AvgIpc) is 2.64. The lowest BCUT2D eigenvalue weighted by atomic mass is 9.98. The third-order valence-corrected chi connectivity index (χ3v) is 3.35. The molecule has 1 nitrogen and oxygen atoms in total. The molecule has 0 heterocycles. The molecule has 0 saturated carbocycles. The molecule has 0 saturated heterocycles. The lowest BCUT2D eigenvalue weighted by Crippen LogP contribution is -2.08. The second-order valence-electron chi connectivity index (χ2n) is 4.72. The van der Waals surface area contributed by atoms with Gasteiger partial charge in [-0.2, -0.15) is 0 Å². The number of carbonyl (C=O) groups excluding carboxylic acids is 1. The molecule has 0 bridgehead atoms. The monoisotopic (exact) mass is 250 g/mol. The summed E-state index contributed by atoms with van der Waals surface area (Å²) in [5.74, 6) is -2.31. The van der Waals surface area contributed by atoms with Gasteiger partial charge in [-0.1, -0.05) is 18.6 Å². The summed E-state index contributed by atoms with van der Waals surface area (Å²) in [6.45, 7) is 1.48. The molecule has 0 aromatic heterocycles. The van der Waals surface area contributed by atoms with Crippen LogP contribution >= 0.6 is 0 Å². The van der Waals surface area contributed by atoms with Crippen molar-refractivity contribution in [1.29, 1.82) is 0 Å². The third-order valence-electron chi connectivity index (χ3n) is 3.35. The predicted octanol–water partition coefficient (Wildman–Crippen LogP) is 4.35. The first-order chi connectivity index (χ1) is 8.61. The van der Waals surface area contributed by atoms with Crippen LogP contribution in [-0.2, 0) is 0 Å². The van der Waals surface area contributed by atoms with Crippen molar-refractivity contribution < 1.29 is 13.6 Å². The second kappa shape index (κ2) is 5.42. The molecular formula is C15H16F2O. The van der Waals surface area contributed by atoms with E-state index in [0.29, 0.717) is 12.0 Å². The van der Waals surface area contributed by atoms with Gasteiger partial charge in [-0.3, -0.25) is 4.79 Å². The fourth-order valence-corrected chi connectivity index (χ4v) is 2.22. The summed E-state index contributed by atoms with van der Waals surface area (Å²) in [7, 11) is 0. The first kappa shape index (κ1) is 12.9. The summed E-state index contributed by atoms with van der Waals surface area (Å²) in [5, 5.41) is 0. The minimum Gasteiger partial charge on any atom is -0.289 e. The molecule has 1 aliphatic carbocycles. The standard InChI is InChI=1S/C15H16F2O/c1-10-8-9-12(14(17)13(10)16)15(18)11-6-4-2-3-5-7-11/h6,8-9H,2-5,7H2,1H3. The predicted molar refractivity (Wildman–Crippen MR) is 66.6 cm³/mol. The average molecular weight is 250 g/mol. The maximum atomic E-state index is 13.7. The van der Waals surface area contributed by atoms with Crippen LogP contribution < -0.4 is 0 Å². The maximum absolute atomic E-state index is 13.7. The van der Waals surface area contributed by atoms with Crippen LogP contribution in [0.3, 0.4) is 0 Å². The van der Waals surface area contributed by atoms with Gasteiger partial charge >= 0.3 is 0 Å². The highest BCUT2D eigenvalue weighted by molar-refractivity contribution is 6.08. The molecule has 0 unspecified atom stereocenters. The SMILES string of the molecule is Cc1ccc(C(=O)C2=CCCCCC2)c(F)c1F. The van der Waals surface area contributed by atoms with Gasteiger partial charge in [-0.15, -0.1) is 0 Å². The van der Waals surface area contributed by atoms with Crippen LogP contribution in [0.4, 0.5) is 8.78 Å². The molecular weight excluding hydrogens is 234 g/mol. The van der Waals surface area contributed by atoms with Crippen molar-refractivity contribution in [2.45, 2.75) is 39.0 Å². The summed E-state index contributed by atoms with van der Waals surface area (Å²) >= 11 is 0. The van der Waals surface area contributed by atoms with Gasteiger partial charge < -0.3 is 0 Å². The fourth-order valence-electron chi connectivity index (χ4n) is 2.22. The zero-order valence-electron chi connectivity index (χ0n) is 10.4. The van der Waals surface area contributed by atoms with Crippen LogP contribution in [0.25, 0.3) is 0 Å². The van der Waals surface area contributed by atoms with Gasteiger partial charge in [-0.05, 0) is 49.8 Å². The Morgan fingerprint density at radius 2 is 1.89 bits per heavy atom. The van der Waals surface area contributed by atoms with Crippen LogP contribution in [0.15, 0.2) is 23.8 Å². The van der Waals surface area contributed by atoms with Gasteiger partial charge in [0.25, 0.3) is 0 Å². The number of Topliss-reactive ketones (excluding diaryl/α,β-unsaturated/α-hetero) is 1. The number of halogens is 2. The number of ketones is 1. The third kappa shape index (κ3) is 2.50. The van der Waals surface area contributed by atoms with Gasteiger partial charge in [0.15, 0.2) is 17.4 Å². The van der Waals surface area contributed by atoms with Crippen LogP contribution in [0.5, 0.6) is 0 Å². The Kier molecular flexibility index (Phi) is 3.90. The number of benzene rings is 1. The molecule has 1 aliphatic rings. The Hall–Kier alpha value is -1.51. The van der Waals surface area contributed by atoms with E-state index in [1.54, 1.807) is 0 Å². The van der Waals surface area contributed by atoms with Crippen molar-refractivity contribution in [3.8, 4) is 0 Å². The van der Waals surface area contributed by atoms with Crippen molar-refractivity contribution in [3.63, 3.8) is 0 Å². The topological polar surface area (TPSA) is 17.1 Å². The molecule has 0 fully saturated rings. The zero-order valence-corrected chi connectivity index (χ0v) is 10.4. The van der Waals surface area contributed by atoms with Crippen LogP contribution in [0.2, 0.25) is 0 Å². The minimum atomic E-state index is -1.02. The first-order valence-corrected chi connectivity index (χ1v) is 6.29. The van der Waals surface area contributed by atoms with Crippen LogP contribution in [-0.4, -0.2) is 5.78 Å². The van der Waals surface area contributed by atoms with Gasteiger partial charge in [0, 0.05) is 0 Å². The number of hydrogen-bond acceptors (Lipinski definition) is 1. The van der Waals surface area contributed by atoms with E-state index in [9.17, 15) is 13.6 Å². The lowest BCUT2D eigenvalue weighted by Gasteiger charge is -2.07. The largest absolute Gasteiger partial charge is 0.289 e. The molecule has 3 heteroatoms. The molecule has 1 aromatic carbocycles. The van der Waals surface area contributed by atoms with Crippen molar-refractivity contribution in [2.75, 3.05) is 0 Å². The zero-order chi connectivity index (χ0) is 13.1. The summed E-state index contributed by atoms with van der Waals surface area (Å²) in [6, 6.07) is 2.82. The van der Waals surface area contributed by atoms with Gasteiger partial charge in [0.2, 0.25) is 0 Å². The molecule has 0 spiro atoms. The van der Waals surface area contributed by atoms with Crippen molar-refractivity contribution in [1.82, 2.24) is 0 Å². The molecule has 96 valence electrons. The highest BCUT2D eigenvalue weighted by Gasteiger charge is 2.20. The lowest BCUT2D eigenvalue weighted by molar-refractivity contribution is 0.102. The van der Waals surface area contributed by atoms with E-state index in [1.807, 2.05) is 6.08 Å². The second-order valence-corrected chi connectivity index (χ2v) is 4.72. The van der Waals surface area contributed by atoms with Crippen molar-refractivity contribution in [2.24, 2.45) is 0 Å². The van der Waals surface area contributed by atoms with Gasteiger partial charge in [0.1, 0.15) is 0 Å². The highest BCUT2D eigenvalue weighted by atomic mass is 19.2. The highest BCUT2D eigenvalue weighted by Crippen LogP contribution is 2.24. The van der Waals surface area contributed by atoms with E-state index in [0.717, 1.165) is 25.7 Å². The Bertz CT molecular complexity index is 503. The molecule has 2 rings (SSSR count). The molecule has 0 N–H and O–H groups in total. The summed E-state index contributed by atoms with van der Waals surface area (Å²) in [4.78, 5) is 12.2. The van der Waals surface area contributed by atoms with Crippen LogP contribution in [0.1, 0.15) is 48.0 Å². The minimum absolute atomic E-state index is 0.147. The van der Waals surface area contributed by atoms with Crippen LogP contribution in [0, 0.1) is 18.6 Å². The first-order valence-electron chi connectivity index (χ1n) is 6.29. The number of allylic oxidation sites excluding steroid dienone is 2. The maximum Gasteiger partial charge on any atom is 0.191 e. The number of rotatable bonds is 2. The number of aryl methyl sites for hydroxylation is 1. The molecule has 0 radical (unpaired) electrons. The van der Waals surface area contributed by atoms with Gasteiger partial charge in [0.05, 0.1) is 5.56 Å². The van der Waals surface area contributed by atoms with E-state index in [2.05, 4.69) is 0 Å². The Morgan fingerprint density at radius 3 is 2.67 bits per heavy atom. The van der Waals surface area contributed by atoms with E-state index in [4.69, 9.17) is 0 Å². The number of carbonyl (C=O) groups is 1. The van der Waals surface area contributed by atoms with Crippen molar-refractivity contribution >= 4 is 5.78 Å². The van der Waals surface area contributed by atoms with E-state index >= 15 is 0 Å². The van der Waals surface area contributed by atoms with Gasteiger partial charge in [-0.25, -0.2) is 8.78 Å². The molecule has 0 amide bonds. The Labute approximate surface area is 106 Å². The summed E-state index contributed by atoms with van der Waals surface area (Å²) in [6.07, 6.45) is 6.45. The Morgan fingerprint density at radius 1 is 1.11 bits per heavy atom. The molecule has 1 aromatic rings. The normalized spacial score (nSPS) is 16.1. The summed E-state index contributed by atoms with van der Waals surface area (Å²) in [5.41, 5.74) is 0.694. The Balaban J connectivity index is 2.34. The quantitative estimate of drug-likeness (QED) is 0.713.